The molecule has 168 valence electrons. The number of anilines is 1. The van der Waals surface area contributed by atoms with Crippen molar-refractivity contribution >= 4 is 15.7 Å². The Balaban J connectivity index is 1.38. The van der Waals surface area contributed by atoms with E-state index in [9.17, 15) is 13.2 Å². The van der Waals surface area contributed by atoms with Crippen LogP contribution in [0.25, 0.3) is 5.69 Å². The molecule has 32 heavy (non-hydrogen) atoms. The fourth-order valence-corrected chi connectivity index (χ4v) is 4.21. The van der Waals surface area contributed by atoms with E-state index in [0.29, 0.717) is 17.3 Å². The highest BCUT2D eigenvalue weighted by atomic mass is 32.2. The third kappa shape index (κ3) is 4.91. The molecule has 0 N–H and O–H groups in total. The van der Waals surface area contributed by atoms with Gasteiger partial charge in [0, 0.05) is 50.1 Å². The van der Waals surface area contributed by atoms with Crippen LogP contribution in [-0.2, 0) is 9.84 Å². The predicted octanol–water partition coefficient (Wildman–Crippen LogP) is 2.09. The van der Waals surface area contributed by atoms with Gasteiger partial charge in [0.1, 0.15) is 17.7 Å². The van der Waals surface area contributed by atoms with Gasteiger partial charge in [-0.3, -0.25) is 9.36 Å². The number of aromatic nitrogens is 3. The zero-order chi connectivity index (χ0) is 22.7. The van der Waals surface area contributed by atoms with Crippen molar-refractivity contribution in [1.82, 2.24) is 14.5 Å². The first kappa shape index (κ1) is 21.8. The fraction of sp³-hybridized carbons (Fsp3) is 0.318. The van der Waals surface area contributed by atoms with Gasteiger partial charge in [0.15, 0.2) is 9.84 Å². The maximum atomic E-state index is 12.6. The average Bonchev–Trinajstić information content (AvgIpc) is 2.79. The summed E-state index contributed by atoms with van der Waals surface area (Å²) in [5.74, 6) is 1.79. The highest BCUT2D eigenvalue weighted by Gasteiger charge is 2.22. The summed E-state index contributed by atoms with van der Waals surface area (Å²) in [5.41, 5.74) is 0.336. The Bertz CT molecular complexity index is 1230. The van der Waals surface area contributed by atoms with Crippen LogP contribution >= 0.6 is 0 Å². The standard InChI is InChI=1S/C22H24N4O5S/c1-30-21-15-23-20(14-24-21)25-10-7-17(8-11-25)31-18-9-12-26(22(27)13-18)16-3-5-19(6-4-16)32(2,28)29/h3-6,9,12-15,17H,7-8,10-11H2,1-2H3. The summed E-state index contributed by atoms with van der Waals surface area (Å²) in [7, 11) is -1.73. The van der Waals surface area contributed by atoms with Crippen LogP contribution in [0.4, 0.5) is 5.82 Å². The summed E-state index contributed by atoms with van der Waals surface area (Å²) in [6.45, 7) is 1.55. The first-order valence-electron chi connectivity index (χ1n) is 10.1. The molecule has 1 saturated heterocycles. The molecule has 0 bridgehead atoms. The summed E-state index contributed by atoms with van der Waals surface area (Å²) < 4.78 is 35.7. The molecule has 0 aliphatic carbocycles. The molecule has 0 unspecified atom stereocenters. The molecule has 3 aromatic rings. The predicted molar refractivity (Wildman–Crippen MR) is 120 cm³/mol. The molecule has 0 spiro atoms. The number of benzene rings is 1. The van der Waals surface area contributed by atoms with Crippen molar-refractivity contribution < 1.29 is 17.9 Å². The van der Waals surface area contributed by atoms with Crippen LogP contribution in [0.5, 0.6) is 11.6 Å². The third-order valence-electron chi connectivity index (χ3n) is 5.33. The monoisotopic (exact) mass is 456 g/mol. The minimum atomic E-state index is -3.28. The SMILES string of the molecule is COc1cnc(N2CCC(Oc3ccn(-c4ccc(S(C)(=O)=O)cc4)c(=O)c3)CC2)cn1. The zero-order valence-corrected chi connectivity index (χ0v) is 18.7. The molecule has 3 heterocycles. The summed E-state index contributed by atoms with van der Waals surface area (Å²) in [6.07, 6.45) is 7.67. The third-order valence-corrected chi connectivity index (χ3v) is 6.45. The van der Waals surface area contributed by atoms with Gasteiger partial charge in [-0.15, -0.1) is 0 Å². The van der Waals surface area contributed by atoms with E-state index in [0.717, 1.165) is 38.0 Å². The van der Waals surface area contributed by atoms with Crippen molar-refractivity contribution in [1.29, 1.82) is 0 Å². The maximum absolute atomic E-state index is 12.6. The van der Waals surface area contributed by atoms with E-state index in [4.69, 9.17) is 9.47 Å². The van der Waals surface area contributed by atoms with E-state index in [1.807, 2.05) is 0 Å². The van der Waals surface area contributed by atoms with Gasteiger partial charge in [0.05, 0.1) is 24.4 Å². The molecule has 10 heteroatoms. The molecule has 0 radical (unpaired) electrons. The lowest BCUT2D eigenvalue weighted by Crippen LogP contribution is -2.38. The second-order valence-electron chi connectivity index (χ2n) is 7.56. The van der Waals surface area contributed by atoms with Gasteiger partial charge >= 0.3 is 0 Å². The summed E-state index contributed by atoms with van der Waals surface area (Å²) >= 11 is 0. The van der Waals surface area contributed by atoms with Crippen molar-refractivity contribution in [3.8, 4) is 17.3 Å². The number of pyridine rings is 1. The molecule has 0 saturated carbocycles. The van der Waals surface area contributed by atoms with Gasteiger partial charge < -0.3 is 14.4 Å². The topological polar surface area (TPSA) is 104 Å². The van der Waals surface area contributed by atoms with Crippen LogP contribution in [0, 0.1) is 0 Å². The molecule has 9 nitrogen and oxygen atoms in total. The van der Waals surface area contributed by atoms with E-state index in [1.165, 1.54) is 22.8 Å². The van der Waals surface area contributed by atoms with Gasteiger partial charge in [-0.1, -0.05) is 0 Å². The quantitative estimate of drug-likeness (QED) is 0.555. The fourth-order valence-electron chi connectivity index (χ4n) is 3.57. The summed E-state index contributed by atoms with van der Waals surface area (Å²) in [4.78, 5) is 23.5. The largest absolute Gasteiger partial charge is 0.490 e. The van der Waals surface area contributed by atoms with Gasteiger partial charge in [-0.05, 0) is 30.3 Å². The molecule has 2 aromatic heterocycles. The number of hydrogen-bond donors (Lipinski definition) is 0. The number of nitrogens with zero attached hydrogens (tertiary/aromatic N) is 4. The Morgan fingerprint density at radius 1 is 1.03 bits per heavy atom. The molecule has 1 aromatic carbocycles. The van der Waals surface area contributed by atoms with Crippen molar-refractivity contribution in [2.45, 2.75) is 23.8 Å². The highest BCUT2D eigenvalue weighted by Crippen LogP contribution is 2.22. The van der Waals surface area contributed by atoms with E-state index in [1.54, 1.807) is 43.9 Å². The summed E-state index contributed by atoms with van der Waals surface area (Å²) in [5, 5.41) is 0. The number of methoxy groups -OCH3 is 1. The second kappa shape index (κ2) is 8.99. The van der Waals surface area contributed by atoms with E-state index in [2.05, 4.69) is 14.9 Å². The Hall–Kier alpha value is -3.40. The molecule has 0 atom stereocenters. The van der Waals surface area contributed by atoms with Crippen molar-refractivity contribution in [3.63, 3.8) is 0 Å². The molecule has 4 rings (SSSR count). The molecule has 1 aliphatic heterocycles. The first-order valence-corrected chi connectivity index (χ1v) is 12.0. The van der Waals surface area contributed by atoms with Crippen molar-refractivity contribution in [3.05, 3.63) is 65.3 Å². The van der Waals surface area contributed by atoms with E-state index in [-0.39, 0.29) is 16.6 Å². The minimum absolute atomic E-state index is 0.00162. The number of ether oxygens (including phenoxy) is 2. The Labute approximate surface area is 186 Å². The van der Waals surface area contributed by atoms with Crippen LogP contribution < -0.4 is 19.9 Å². The lowest BCUT2D eigenvalue weighted by Gasteiger charge is -2.32. The first-order chi connectivity index (χ1) is 15.3. The second-order valence-corrected chi connectivity index (χ2v) is 9.57. The molecule has 1 aliphatic rings. The maximum Gasteiger partial charge on any atom is 0.258 e. The number of hydrogen-bond acceptors (Lipinski definition) is 8. The molecule has 1 fully saturated rings. The molecular formula is C22H24N4O5S. The van der Waals surface area contributed by atoms with Crippen LogP contribution in [0.1, 0.15) is 12.8 Å². The van der Waals surface area contributed by atoms with Crippen molar-refractivity contribution in [2.75, 3.05) is 31.4 Å². The van der Waals surface area contributed by atoms with E-state index >= 15 is 0 Å². The average molecular weight is 457 g/mol. The van der Waals surface area contributed by atoms with Gasteiger partial charge in [-0.2, -0.15) is 0 Å². The number of sulfone groups is 1. The Kier molecular flexibility index (Phi) is 6.13. The molecule has 0 amide bonds. The van der Waals surface area contributed by atoms with Gasteiger partial charge in [0.25, 0.3) is 5.56 Å². The van der Waals surface area contributed by atoms with E-state index < -0.39 is 9.84 Å². The lowest BCUT2D eigenvalue weighted by molar-refractivity contribution is 0.170. The number of piperidine rings is 1. The lowest BCUT2D eigenvalue weighted by atomic mass is 10.1. The highest BCUT2D eigenvalue weighted by molar-refractivity contribution is 7.90. The Morgan fingerprint density at radius 3 is 2.31 bits per heavy atom. The minimum Gasteiger partial charge on any atom is -0.490 e. The normalized spacial score (nSPS) is 14.9. The van der Waals surface area contributed by atoms with Crippen LogP contribution in [-0.4, -0.2) is 55.5 Å². The van der Waals surface area contributed by atoms with Gasteiger partial charge in [-0.25, -0.2) is 18.4 Å². The molecular weight excluding hydrogens is 432 g/mol. The van der Waals surface area contributed by atoms with Crippen LogP contribution in [0.15, 0.2) is 64.7 Å². The smallest absolute Gasteiger partial charge is 0.258 e. The Morgan fingerprint density at radius 2 is 1.75 bits per heavy atom. The van der Waals surface area contributed by atoms with Gasteiger partial charge in [0.2, 0.25) is 5.88 Å². The summed E-state index contributed by atoms with van der Waals surface area (Å²) in [6, 6.07) is 9.39. The van der Waals surface area contributed by atoms with Crippen LogP contribution in [0.2, 0.25) is 0 Å². The van der Waals surface area contributed by atoms with Crippen LogP contribution in [0.3, 0.4) is 0 Å². The number of rotatable bonds is 6. The zero-order valence-electron chi connectivity index (χ0n) is 17.8. The van der Waals surface area contributed by atoms with Crippen molar-refractivity contribution in [2.24, 2.45) is 0 Å².